The van der Waals surface area contributed by atoms with Gasteiger partial charge in [0.2, 0.25) is 0 Å². The summed E-state index contributed by atoms with van der Waals surface area (Å²) >= 11 is 9.35. The van der Waals surface area contributed by atoms with E-state index in [0.29, 0.717) is 5.88 Å². The molecule has 0 spiro atoms. The van der Waals surface area contributed by atoms with Crippen LogP contribution in [0.3, 0.4) is 0 Å². The van der Waals surface area contributed by atoms with E-state index < -0.39 is 0 Å². The van der Waals surface area contributed by atoms with Crippen LogP contribution in [0, 0.1) is 0 Å². The minimum absolute atomic E-state index is 0.0363. The molecule has 1 N–H and O–H groups in total. The number of alkyl halides is 1. The van der Waals surface area contributed by atoms with E-state index in [-0.39, 0.29) is 5.54 Å². The van der Waals surface area contributed by atoms with Crippen molar-refractivity contribution < 1.29 is 0 Å². The Morgan fingerprint density at radius 3 is 2.40 bits per heavy atom. The summed E-state index contributed by atoms with van der Waals surface area (Å²) in [5, 5.41) is 3.48. The Morgan fingerprint density at radius 2 is 1.93 bits per heavy atom. The monoisotopic (exact) mass is 289 g/mol. The van der Waals surface area contributed by atoms with Crippen molar-refractivity contribution in [2.24, 2.45) is 0 Å². The SMILES string of the molecule is CCC(C)(CCl)NCc1ccc(Br)cc1. The molecule has 0 aliphatic heterocycles. The maximum atomic E-state index is 5.93. The van der Waals surface area contributed by atoms with Crippen LogP contribution in [0.2, 0.25) is 0 Å². The maximum absolute atomic E-state index is 5.93. The highest BCUT2D eigenvalue weighted by molar-refractivity contribution is 9.10. The van der Waals surface area contributed by atoms with E-state index in [1.807, 2.05) is 0 Å². The van der Waals surface area contributed by atoms with E-state index in [0.717, 1.165) is 17.4 Å². The fourth-order valence-electron chi connectivity index (χ4n) is 1.18. The number of halogens is 2. The molecular formula is C12H17BrClN. The van der Waals surface area contributed by atoms with Crippen molar-refractivity contribution in [1.29, 1.82) is 0 Å². The molecule has 0 saturated heterocycles. The zero-order valence-corrected chi connectivity index (χ0v) is 11.5. The third-order valence-corrected chi connectivity index (χ3v) is 3.83. The summed E-state index contributed by atoms with van der Waals surface area (Å²) in [6, 6.07) is 8.34. The maximum Gasteiger partial charge on any atom is 0.0403 e. The normalized spacial score (nSPS) is 14.9. The van der Waals surface area contributed by atoms with Crippen LogP contribution in [-0.2, 0) is 6.54 Å². The van der Waals surface area contributed by atoms with Gasteiger partial charge >= 0.3 is 0 Å². The highest BCUT2D eigenvalue weighted by atomic mass is 79.9. The van der Waals surface area contributed by atoms with Gasteiger partial charge in [0.05, 0.1) is 0 Å². The molecule has 1 aromatic rings. The topological polar surface area (TPSA) is 12.0 Å². The zero-order chi connectivity index (χ0) is 11.3. The molecule has 1 nitrogen and oxygen atoms in total. The molecule has 0 bridgehead atoms. The van der Waals surface area contributed by atoms with Gasteiger partial charge < -0.3 is 5.32 Å². The van der Waals surface area contributed by atoms with Crippen LogP contribution in [0.25, 0.3) is 0 Å². The average molecular weight is 291 g/mol. The minimum Gasteiger partial charge on any atom is -0.306 e. The smallest absolute Gasteiger partial charge is 0.0403 e. The molecule has 0 fully saturated rings. The van der Waals surface area contributed by atoms with Gasteiger partial charge in [-0.25, -0.2) is 0 Å². The summed E-state index contributed by atoms with van der Waals surface area (Å²) in [6.07, 6.45) is 1.03. The molecule has 0 radical (unpaired) electrons. The van der Waals surface area contributed by atoms with Crippen molar-refractivity contribution >= 4 is 27.5 Å². The van der Waals surface area contributed by atoms with Gasteiger partial charge in [0.25, 0.3) is 0 Å². The number of rotatable bonds is 5. The molecule has 1 aromatic carbocycles. The molecule has 0 aliphatic carbocycles. The lowest BCUT2D eigenvalue weighted by Gasteiger charge is -2.27. The van der Waals surface area contributed by atoms with Crippen LogP contribution >= 0.6 is 27.5 Å². The Morgan fingerprint density at radius 1 is 1.33 bits per heavy atom. The standard InChI is InChI=1S/C12H17BrClN/c1-3-12(2,9-14)15-8-10-4-6-11(13)7-5-10/h4-7,15H,3,8-9H2,1-2H3. The van der Waals surface area contributed by atoms with Gasteiger partial charge in [0.1, 0.15) is 0 Å². The number of benzene rings is 1. The Bertz CT molecular complexity index is 293. The van der Waals surface area contributed by atoms with Crippen molar-refractivity contribution in [1.82, 2.24) is 5.32 Å². The van der Waals surface area contributed by atoms with E-state index in [1.54, 1.807) is 0 Å². The first-order chi connectivity index (χ1) is 7.09. The van der Waals surface area contributed by atoms with Crippen LogP contribution in [0.15, 0.2) is 28.7 Å². The van der Waals surface area contributed by atoms with E-state index in [2.05, 4.69) is 59.4 Å². The van der Waals surface area contributed by atoms with Gasteiger partial charge in [-0.3, -0.25) is 0 Å². The fourth-order valence-corrected chi connectivity index (χ4v) is 1.73. The first-order valence-electron chi connectivity index (χ1n) is 5.15. The zero-order valence-electron chi connectivity index (χ0n) is 9.19. The summed E-state index contributed by atoms with van der Waals surface area (Å²) in [7, 11) is 0. The van der Waals surface area contributed by atoms with Gasteiger partial charge in [-0.1, -0.05) is 35.0 Å². The van der Waals surface area contributed by atoms with Crippen LogP contribution in [0.1, 0.15) is 25.8 Å². The van der Waals surface area contributed by atoms with E-state index in [1.165, 1.54) is 5.56 Å². The second-order valence-electron chi connectivity index (χ2n) is 4.03. The molecule has 0 aromatic heterocycles. The van der Waals surface area contributed by atoms with E-state index in [9.17, 15) is 0 Å². The molecule has 1 rings (SSSR count). The summed E-state index contributed by atoms with van der Waals surface area (Å²) in [5.41, 5.74) is 1.32. The predicted molar refractivity (Wildman–Crippen MR) is 70.4 cm³/mol. The molecule has 1 unspecified atom stereocenters. The van der Waals surface area contributed by atoms with Crippen LogP contribution in [-0.4, -0.2) is 11.4 Å². The molecule has 84 valence electrons. The lowest BCUT2D eigenvalue weighted by Crippen LogP contribution is -2.42. The Kier molecular flexibility index (Phi) is 5.10. The molecule has 15 heavy (non-hydrogen) atoms. The summed E-state index contributed by atoms with van der Waals surface area (Å²) in [6.45, 7) is 5.17. The molecule has 0 heterocycles. The van der Waals surface area contributed by atoms with Crippen LogP contribution in [0.4, 0.5) is 0 Å². The minimum atomic E-state index is 0.0363. The first kappa shape index (κ1) is 13.0. The van der Waals surface area contributed by atoms with Gasteiger partial charge in [0.15, 0.2) is 0 Å². The van der Waals surface area contributed by atoms with Crippen LogP contribution < -0.4 is 5.32 Å². The Hall–Kier alpha value is -0.0500. The lowest BCUT2D eigenvalue weighted by molar-refractivity contribution is 0.379. The van der Waals surface area contributed by atoms with Crippen molar-refractivity contribution in [3.05, 3.63) is 34.3 Å². The van der Waals surface area contributed by atoms with Gasteiger partial charge in [-0.15, -0.1) is 11.6 Å². The Balaban J connectivity index is 2.53. The van der Waals surface area contributed by atoms with Gasteiger partial charge in [-0.2, -0.15) is 0 Å². The molecular weight excluding hydrogens is 273 g/mol. The highest BCUT2D eigenvalue weighted by Crippen LogP contribution is 2.14. The molecule has 0 aliphatic rings. The second kappa shape index (κ2) is 5.88. The van der Waals surface area contributed by atoms with Gasteiger partial charge in [0, 0.05) is 22.4 Å². The van der Waals surface area contributed by atoms with Gasteiger partial charge in [-0.05, 0) is 31.0 Å². The van der Waals surface area contributed by atoms with E-state index in [4.69, 9.17) is 11.6 Å². The summed E-state index contributed by atoms with van der Waals surface area (Å²) < 4.78 is 1.11. The molecule has 0 saturated carbocycles. The largest absolute Gasteiger partial charge is 0.306 e. The average Bonchev–Trinajstić information content (AvgIpc) is 2.28. The number of hydrogen-bond acceptors (Lipinski definition) is 1. The summed E-state index contributed by atoms with van der Waals surface area (Å²) in [4.78, 5) is 0. The predicted octanol–water partition coefficient (Wildman–Crippen LogP) is 3.95. The van der Waals surface area contributed by atoms with Crippen molar-refractivity contribution in [3.8, 4) is 0 Å². The van der Waals surface area contributed by atoms with Crippen molar-refractivity contribution in [3.63, 3.8) is 0 Å². The Labute approximate surface area is 105 Å². The quantitative estimate of drug-likeness (QED) is 0.810. The molecule has 3 heteroatoms. The summed E-state index contributed by atoms with van der Waals surface area (Å²) in [5.74, 6) is 0.639. The molecule has 0 amide bonds. The lowest BCUT2D eigenvalue weighted by atomic mass is 10.0. The second-order valence-corrected chi connectivity index (χ2v) is 5.21. The number of nitrogens with one attached hydrogen (secondary N) is 1. The van der Waals surface area contributed by atoms with Crippen LogP contribution in [0.5, 0.6) is 0 Å². The fraction of sp³-hybridized carbons (Fsp3) is 0.500. The van der Waals surface area contributed by atoms with Crippen molar-refractivity contribution in [2.45, 2.75) is 32.4 Å². The number of hydrogen-bond donors (Lipinski definition) is 1. The van der Waals surface area contributed by atoms with E-state index >= 15 is 0 Å². The third-order valence-electron chi connectivity index (χ3n) is 2.71. The third kappa shape index (κ3) is 4.13. The highest BCUT2D eigenvalue weighted by Gasteiger charge is 2.19. The first-order valence-corrected chi connectivity index (χ1v) is 6.48. The molecule has 1 atom stereocenters. The van der Waals surface area contributed by atoms with Crippen molar-refractivity contribution in [2.75, 3.05) is 5.88 Å².